The van der Waals surface area contributed by atoms with E-state index in [1.807, 2.05) is 0 Å². The quantitative estimate of drug-likeness (QED) is 0.685. The zero-order valence-corrected chi connectivity index (χ0v) is 13.0. The number of hydrogen-bond donors (Lipinski definition) is 1. The third-order valence-electron chi connectivity index (χ3n) is 4.66. The van der Waals surface area contributed by atoms with Crippen LogP contribution >= 0.6 is 0 Å². The lowest BCUT2D eigenvalue weighted by atomic mass is 9.77. The molecule has 1 N–H and O–H groups in total. The molecule has 1 aliphatic rings. The lowest BCUT2D eigenvalue weighted by Gasteiger charge is -2.34. The van der Waals surface area contributed by atoms with Gasteiger partial charge in [0.15, 0.2) is 0 Å². The molecule has 112 valence electrons. The van der Waals surface area contributed by atoms with E-state index in [1.165, 1.54) is 19.3 Å². The molecule has 0 saturated carbocycles. The van der Waals surface area contributed by atoms with Crippen LogP contribution in [0.15, 0.2) is 0 Å². The van der Waals surface area contributed by atoms with Crippen molar-refractivity contribution in [2.75, 3.05) is 19.7 Å². The van der Waals surface area contributed by atoms with E-state index in [9.17, 15) is 4.79 Å². The fourth-order valence-electron chi connectivity index (χ4n) is 2.85. The second-order valence-electron chi connectivity index (χ2n) is 5.90. The molecular formula is C16H31NO2. The summed E-state index contributed by atoms with van der Waals surface area (Å²) in [4.78, 5) is 12.4. The molecule has 1 fully saturated rings. The average molecular weight is 269 g/mol. The minimum absolute atomic E-state index is 0.0476. The summed E-state index contributed by atoms with van der Waals surface area (Å²) in [6, 6.07) is 0. The molecule has 1 saturated heterocycles. The van der Waals surface area contributed by atoms with Crippen LogP contribution in [0.4, 0.5) is 0 Å². The van der Waals surface area contributed by atoms with Crippen molar-refractivity contribution in [2.24, 2.45) is 11.3 Å². The Morgan fingerprint density at radius 1 is 1.26 bits per heavy atom. The number of ether oxygens (including phenoxy) is 1. The van der Waals surface area contributed by atoms with Gasteiger partial charge in [0.2, 0.25) is 0 Å². The van der Waals surface area contributed by atoms with Crippen molar-refractivity contribution in [2.45, 2.75) is 65.7 Å². The van der Waals surface area contributed by atoms with E-state index in [4.69, 9.17) is 4.74 Å². The van der Waals surface area contributed by atoms with Crippen molar-refractivity contribution in [3.63, 3.8) is 0 Å². The third-order valence-corrected chi connectivity index (χ3v) is 4.66. The highest BCUT2D eigenvalue weighted by molar-refractivity contribution is 5.77. The van der Waals surface area contributed by atoms with Gasteiger partial charge in [-0.3, -0.25) is 4.79 Å². The van der Waals surface area contributed by atoms with Crippen LogP contribution in [0.1, 0.15) is 65.7 Å². The van der Waals surface area contributed by atoms with Gasteiger partial charge in [-0.2, -0.15) is 0 Å². The Hall–Kier alpha value is -0.570. The molecule has 0 spiro atoms. The number of carbonyl (C=O) groups excluding carboxylic acids is 1. The summed E-state index contributed by atoms with van der Waals surface area (Å²) in [5.74, 6) is 0.589. The summed E-state index contributed by atoms with van der Waals surface area (Å²) < 4.78 is 5.66. The molecule has 0 bridgehead atoms. The summed E-state index contributed by atoms with van der Waals surface area (Å²) >= 11 is 0. The first-order chi connectivity index (χ1) is 9.18. The minimum Gasteiger partial charge on any atom is -0.465 e. The number of carbonyl (C=O) groups is 1. The van der Waals surface area contributed by atoms with Gasteiger partial charge in [0.1, 0.15) is 0 Å². The van der Waals surface area contributed by atoms with Crippen molar-refractivity contribution in [1.29, 1.82) is 0 Å². The smallest absolute Gasteiger partial charge is 0.312 e. The molecule has 1 atom stereocenters. The first kappa shape index (κ1) is 16.5. The van der Waals surface area contributed by atoms with Gasteiger partial charge >= 0.3 is 5.97 Å². The second kappa shape index (κ2) is 8.57. The SMILES string of the molecule is CCCCC(CC)COC(=O)C1(CC)CCNCC1. The van der Waals surface area contributed by atoms with Gasteiger partial charge in [0.05, 0.1) is 12.0 Å². The maximum absolute atomic E-state index is 12.4. The van der Waals surface area contributed by atoms with Crippen LogP contribution in [-0.4, -0.2) is 25.7 Å². The molecule has 1 unspecified atom stereocenters. The van der Waals surface area contributed by atoms with Gasteiger partial charge in [0.25, 0.3) is 0 Å². The predicted molar refractivity (Wildman–Crippen MR) is 79.1 cm³/mol. The van der Waals surface area contributed by atoms with Crippen molar-refractivity contribution < 1.29 is 9.53 Å². The van der Waals surface area contributed by atoms with Gasteiger partial charge in [0, 0.05) is 0 Å². The van der Waals surface area contributed by atoms with Crippen molar-refractivity contribution in [1.82, 2.24) is 5.32 Å². The monoisotopic (exact) mass is 269 g/mol. The number of esters is 1. The summed E-state index contributed by atoms with van der Waals surface area (Å²) in [5.41, 5.74) is -0.214. The first-order valence-corrected chi connectivity index (χ1v) is 8.06. The largest absolute Gasteiger partial charge is 0.465 e. The highest BCUT2D eigenvalue weighted by Crippen LogP contribution is 2.34. The Labute approximate surface area is 118 Å². The number of rotatable bonds is 8. The minimum atomic E-state index is -0.214. The molecule has 1 heterocycles. The van der Waals surface area contributed by atoms with Crippen molar-refractivity contribution in [3.8, 4) is 0 Å². The highest BCUT2D eigenvalue weighted by atomic mass is 16.5. The Balaban J connectivity index is 2.43. The molecule has 0 aliphatic carbocycles. The van der Waals surface area contributed by atoms with Crippen LogP contribution in [0.5, 0.6) is 0 Å². The van der Waals surface area contributed by atoms with Crippen LogP contribution in [0.25, 0.3) is 0 Å². The molecular weight excluding hydrogens is 238 g/mol. The maximum Gasteiger partial charge on any atom is 0.312 e. The zero-order valence-electron chi connectivity index (χ0n) is 13.0. The van der Waals surface area contributed by atoms with Gasteiger partial charge in [-0.15, -0.1) is 0 Å². The standard InChI is InChI=1S/C16H31NO2/c1-4-7-8-14(5-2)13-19-15(18)16(6-3)9-11-17-12-10-16/h14,17H,4-13H2,1-3H3. The van der Waals surface area contributed by atoms with Gasteiger partial charge in [-0.1, -0.05) is 40.0 Å². The highest BCUT2D eigenvalue weighted by Gasteiger charge is 2.39. The number of hydrogen-bond acceptors (Lipinski definition) is 3. The Morgan fingerprint density at radius 3 is 2.47 bits per heavy atom. The van der Waals surface area contributed by atoms with Crippen LogP contribution in [0, 0.1) is 11.3 Å². The molecule has 0 radical (unpaired) electrons. The molecule has 3 heteroatoms. The van der Waals surface area contributed by atoms with E-state index in [0.29, 0.717) is 12.5 Å². The summed E-state index contributed by atoms with van der Waals surface area (Å²) in [7, 11) is 0. The Kier molecular flexibility index (Phi) is 7.44. The van der Waals surface area contributed by atoms with E-state index >= 15 is 0 Å². The molecule has 1 rings (SSSR count). The lowest BCUT2D eigenvalue weighted by Crippen LogP contribution is -2.43. The number of unbranched alkanes of at least 4 members (excludes halogenated alkanes) is 1. The number of piperidine rings is 1. The van der Waals surface area contributed by atoms with Crippen LogP contribution in [0.2, 0.25) is 0 Å². The van der Waals surface area contributed by atoms with E-state index in [1.54, 1.807) is 0 Å². The van der Waals surface area contributed by atoms with E-state index in [0.717, 1.165) is 38.8 Å². The molecule has 19 heavy (non-hydrogen) atoms. The zero-order chi connectivity index (χ0) is 14.1. The normalized spacial score (nSPS) is 19.9. The van der Waals surface area contributed by atoms with Crippen LogP contribution in [0.3, 0.4) is 0 Å². The van der Waals surface area contributed by atoms with Crippen LogP contribution < -0.4 is 5.32 Å². The van der Waals surface area contributed by atoms with Gasteiger partial charge in [-0.25, -0.2) is 0 Å². The molecule has 1 aliphatic heterocycles. The molecule has 0 amide bonds. The average Bonchev–Trinajstić information content (AvgIpc) is 2.47. The molecule has 0 aromatic rings. The van der Waals surface area contributed by atoms with E-state index in [2.05, 4.69) is 26.1 Å². The summed E-state index contributed by atoms with van der Waals surface area (Å²) in [6.07, 6.45) is 7.49. The number of nitrogens with one attached hydrogen (secondary N) is 1. The molecule has 0 aromatic carbocycles. The second-order valence-corrected chi connectivity index (χ2v) is 5.90. The first-order valence-electron chi connectivity index (χ1n) is 8.06. The third kappa shape index (κ3) is 4.79. The predicted octanol–water partition coefficient (Wildman–Crippen LogP) is 3.53. The van der Waals surface area contributed by atoms with Crippen LogP contribution in [-0.2, 0) is 9.53 Å². The van der Waals surface area contributed by atoms with Crippen molar-refractivity contribution >= 4 is 5.97 Å². The van der Waals surface area contributed by atoms with Gasteiger partial charge < -0.3 is 10.1 Å². The van der Waals surface area contributed by atoms with E-state index in [-0.39, 0.29) is 11.4 Å². The fraction of sp³-hybridized carbons (Fsp3) is 0.938. The summed E-state index contributed by atoms with van der Waals surface area (Å²) in [6.45, 7) is 9.01. The Morgan fingerprint density at radius 2 is 1.95 bits per heavy atom. The molecule has 3 nitrogen and oxygen atoms in total. The van der Waals surface area contributed by atoms with E-state index < -0.39 is 0 Å². The Bertz CT molecular complexity index is 259. The fourth-order valence-corrected chi connectivity index (χ4v) is 2.85. The van der Waals surface area contributed by atoms with Gasteiger partial charge in [-0.05, 0) is 44.7 Å². The summed E-state index contributed by atoms with van der Waals surface area (Å²) in [5, 5.41) is 3.32. The maximum atomic E-state index is 12.4. The topological polar surface area (TPSA) is 38.3 Å². The molecule has 0 aromatic heterocycles. The lowest BCUT2D eigenvalue weighted by molar-refractivity contribution is -0.159. The van der Waals surface area contributed by atoms with Crippen molar-refractivity contribution in [3.05, 3.63) is 0 Å².